The van der Waals surface area contributed by atoms with Crippen molar-refractivity contribution in [2.45, 2.75) is 51.2 Å². The Morgan fingerprint density at radius 2 is 1.72 bits per heavy atom. The summed E-state index contributed by atoms with van der Waals surface area (Å²) in [7, 11) is 0. The average molecular weight is 432 g/mol. The lowest BCUT2D eigenvalue weighted by Gasteiger charge is -2.45. The Bertz CT molecular complexity index is 891. The van der Waals surface area contributed by atoms with Gasteiger partial charge in [-0.25, -0.2) is 0 Å². The molecule has 0 unspecified atom stereocenters. The first-order chi connectivity index (χ1) is 15.6. The molecule has 3 heterocycles. The van der Waals surface area contributed by atoms with Crippen molar-refractivity contribution in [3.05, 3.63) is 83.9 Å². The van der Waals surface area contributed by atoms with Crippen molar-refractivity contribution in [3.8, 4) is 0 Å². The molecule has 4 nitrogen and oxygen atoms in total. The molecule has 170 valence electrons. The topological polar surface area (TPSA) is 26.8 Å². The minimum absolute atomic E-state index is 0.125. The van der Waals surface area contributed by atoms with Crippen LogP contribution in [0, 0.1) is 0 Å². The Morgan fingerprint density at radius 1 is 1.00 bits per heavy atom. The molecule has 0 aliphatic carbocycles. The van der Waals surface area contributed by atoms with Crippen LogP contribution in [0.4, 0.5) is 0 Å². The number of nitrogens with zero attached hydrogens (tertiary/aromatic N) is 3. The third-order valence-electron chi connectivity index (χ3n) is 7.36. The third-order valence-corrected chi connectivity index (χ3v) is 7.36. The van der Waals surface area contributed by atoms with Crippen LogP contribution in [0.1, 0.15) is 54.1 Å². The second-order valence-electron chi connectivity index (χ2n) is 9.16. The number of hydrogen-bond acceptors (Lipinski definition) is 3. The fourth-order valence-electron chi connectivity index (χ4n) is 5.59. The monoisotopic (exact) mass is 431 g/mol. The SMILES string of the molecule is C=CCN1C[C@@H]2[C@H](c3ccccc3)CC[C@H]1CN2Cc1ccc(C(=O)N(CC)CC)cc1. The van der Waals surface area contributed by atoms with E-state index in [1.807, 2.05) is 37.0 Å². The molecule has 1 amide bonds. The van der Waals surface area contributed by atoms with Crippen molar-refractivity contribution in [1.82, 2.24) is 14.7 Å². The fourth-order valence-corrected chi connectivity index (χ4v) is 5.59. The minimum Gasteiger partial charge on any atom is -0.339 e. The zero-order valence-corrected chi connectivity index (χ0v) is 19.6. The lowest BCUT2D eigenvalue weighted by atomic mass is 9.88. The van der Waals surface area contributed by atoms with E-state index in [1.54, 1.807) is 0 Å². The quantitative estimate of drug-likeness (QED) is 0.563. The summed E-state index contributed by atoms with van der Waals surface area (Å²) >= 11 is 0. The van der Waals surface area contributed by atoms with Gasteiger partial charge in [0.05, 0.1) is 0 Å². The molecule has 0 saturated carbocycles. The zero-order chi connectivity index (χ0) is 22.5. The predicted octanol–water partition coefficient (Wildman–Crippen LogP) is 4.79. The van der Waals surface area contributed by atoms with Crippen LogP contribution >= 0.6 is 0 Å². The normalized spacial score (nSPS) is 23.6. The molecule has 4 heteroatoms. The van der Waals surface area contributed by atoms with Gasteiger partial charge in [-0.05, 0) is 49.9 Å². The van der Waals surface area contributed by atoms with Gasteiger partial charge in [-0.1, -0.05) is 48.5 Å². The number of rotatable bonds is 8. The van der Waals surface area contributed by atoms with Crippen LogP contribution in [0.5, 0.6) is 0 Å². The molecule has 2 bridgehead atoms. The van der Waals surface area contributed by atoms with Crippen molar-refractivity contribution >= 4 is 5.91 Å². The molecule has 3 saturated heterocycles. The highest BCUT2D eigenvalue weighted by Crippen LogP contribution is 2.38. The molecule has 0 N–H and O–H groups in total. The number of carbonyl (C=O) groups excluding carboxylic acids is 1. The summed E-state index contributed by atoms with van der Waals surface area (Å²) in [6.07, 6.45) is 4.52. The predicted molar refractivity (Wildman–Crippen MR) is 132 cm³/mol. The number of carbonyl (C=O) groups is 1. The van der Waals surface area contributed by atoms with Crippen molar-refractivity contribution < 1.29 is 4.79 Å². The summed E-state index contributed by atoms with van der Waals surface area (Å²) < 4.78 is 0. The molecule has 5 rings (SSSR count). The highest BCUT2D eigenvalue weighted by molar-refractivity contribution is 5.94. The molecule has 0 spiro atoms. The summed E-state index contributed by atoms with van der Waals surface area (Å²) in [5.41, 5.74) is 3.54. The van der Waals surface area contributed by atoms with Crippen LogP contribution < -0.4 is 0 Å². The van der Waals surface area contributed by atoms with E-state index < -0.39 is 0 Å². The summed E-state index contributed by atoms with van der Waals surface area (Å²) in [6.45, 7) is 13.6. The molecular formula is C28H37N3O. The van der Waals surface area contributed by atoms with Crippen LogP contribution in [0.2, 0.25) is 0 Å². The molecule has 0 radical (unpaired) electrons. The molecule has 0 aromatic heterocycles. The summed E-state index contributed by atoms with van der Waals surface area (Å²) in [5, 5.41) is 0. The van der Waals surface area contributed by atoms with E-state index >= 15 is 0 Å². The van der Waals surface area contributed by atoms with E-state index in [9.17, 15) is 4.79 Å². The van der Waals surface area contributed by atoms with Crippen LogP contribution in [0.25, 0.3) is 0 Å². The average Bonchev–Trinajstić information content (AvgIpc) is 3.11. The Morgan fingerprint density at radius 3 is 2.38 bits per heavy atom. The van der Waals surface area contributed by atoms with E-state index in [0.29, 0.717) is 18.0 Å². The van der Waals surface area contributed by atoms with E-state index in [1.165, 1.54) is 24.0 Å². The van der Waals surface area contributed by atoms with Crippen LogP contribution in [-0.2, 0) is 6.54 Å². The van der Waals surface area contributed by atoms with Crippen LogP contribution in [-0.4, -0.2) is 65.4 Å². The molecule has 32 heavy (non-hydrogen) atoms. The van der Waals surface area contributed by atoms with Crippen molar-refractivity contribution in [2.75, 3.05) is 32.7 Å². The number of amides is 1. The molecule has 3 aliphatic heterocycles. The van der Waals surface area contributed by atoms with Gasteiger partial charge < -0.3 is 4.90 Å². The van der Waals surface area contributed by atoms with Gasteiger partial charge in [0, 0.05) is 62.8 Å². The third kappa shape index (κ3) is 4.82. The molecule has 3 atom stereocenters. The Labute approximate surface area is 193 Å². The molecular weight excluding hydrogens is 394 g/mol. The summed E-state index contributed by atoms with van der Waals surface area (Å²) in [4.78, 5) is 19.9. The second kappa shape index (κ2) is 10.5. The van der Waals surface area contributed by atoms with Gasteiger partial charge in [-0.15, -0.1) is 6.58 Å². The highest BCUT2D eigenvalue weighted by Gasteiger charge is 2.41. The Kier molecular flexibility index (Phi) is 7.44. The van der Waals surface area contributed by atoms with Gasteiger partial charge in [0.1, 0.15) is 0 Å². The maximum absolute atomic E-state index is 12.7. The van der Waals surface area contributed by atoms with Gasteiger partial charge in [-0.2, -0.15) is 0 Å². The van der Waals surface area contributed by atoms with E-state index in [-0.39, 0.29) is 5.91 Å². The summed E-state index contributed by atoms with van der Waals surface area (Å²) in [6, 6.07) is 20.4. The van der Waals surface area contributed by atoms with Gasteiger partial charge in [0.15, 0.2) is 0 Å². The Hall–Kier alpha value is -2.43. The highest BCUT2D eigenvalue weighted by atomic mass is 16.2. The summed E-state index contributed by atoms with van der Waals surface area (Å²) in [5.74, 6) is 0.680. The van der Waals surface area contributed by atoms with Gasteiger partial charge in [0.2, 0.25) is 0 Å². The maximum atomic E-state index is 12.7. The fraction of sp³-hybridized carbons (Fsp3) is 0.464. The first kappa shape index (κ1) is 22.8. The van der Waals surface area contributed by atoms with Gasteiger partial charge >= 0.3 is 0 Å². The first-order valence-electron chi connectivity index (χ1n) is 12.2. The van der Waals surface area contributed by atoms with Crippen LogP contribution in [0.15, 0.2) is 67.3 Å². The number of piperazine rings is 1. The zero-order valence-electron chi connectivity index (χ0n) is 19.6. The lowest BCUT2D eigenvalue weighted by molar-refractivity contribution is 0.0392. The van der Waals surface area contributed by atoms with Crippen molar-refractivity contribution in [2.24, 2.45) is 0 Å². The van der Waals surface area contributed by atoms with Gasteiger partial charge in [-0.3, -0.25) is 14.6 Å². The van der Waals surface area contributed by atoms with E-state index in [2.05, 4.69) is 58.8 Å². The molecule has 2 aromatic rings. The maximum Gasteiger partial charge on any atom is 0.253 e. The standard InChI is InChI=1S/C28H37N3O/c1-4-18-30-21-27-26(23-10-8-7-9-11-23)17-16-25(30)20-31(27)19-22-12-14-24(15-13-22)28(32)29(5-2)6-3/h4,7-15,25-27H,1,5-6,16-21H2,2-3H3/t25-,26-,27+/m0/s1. The molecule has 3 aliphatic rings. The lowest BCUT2D eigenvalue weighted by Crippen LogP contribution is -2.57. The van der Waals surface area contributed by atoms with Crippen molar-refractivity contribution in [3.63, 3.8) is 0 Å². The minimum atomic E-state index is 0.125. The van der Waals surface area contributed by atoms with Gasteiger partial charge in [0.25, 0.3) is 5.91 Å². The molecule has 3 fully saturated rings. The Balaban J connectivity index is 1.53. The van der Waals surface area contributed by atoms with E-state index in [4.69, 9.17) is 0 Å². The second-order valence-corrected chi connectivity index (χ2v) is 9.16. The smallest absolute Gasteiger partial charge is 0.253 e. The van der Waals surface area contributed by atoms with E-state index in [0.717, 1.165) is 44.8 Å². The van der Waals surface area contributed by atoms with Crippen molar-refractivity contribution in [1.29, 1.82) is 0 Å². The number of fused-ring (bicyclic) bond motifs is 4. The largest absolute Gasteiger partial charge is 0.339 e. The molecule has 2 aromatic carbocycles. The van der Waals surface area contributed by atoms with Crippen LogP contribution in [0.3, 0.4) is 0 Å². The number of benzene rings is 2. The number of hydrogen-bond donors (Lipinski definition) is 0. The first-order valence-corrected chi connectivity index (χ1v) is 12.2.